The maximum absolute atomic E-state index is 5.97. The van der Waals surface area contributed by atoms with E-state index in [1.54, 1.807) is 0 Å². The number of hydrogen-bond acceptors (Lipinski definition) is 4. The van der Waals surface area contributed by atoms with Gasteiger partial charge in [-0.25, -0.2) is 0 Å². The molecule has 0 unspecified atom stereocenters. The average molecular weight is 588 g/mol. The van der Waals surface area contributed by atoms with E-state index in [4.69, 9.17) is 5.73 Å². The summed E-state index contributed by atoms with van der Waals surface area (Å²) in [5, 5.41) is 7.88. The molecule has 0 aliphatic heterocycles. The number of nitrogens with one attached hydrogen (secondary N) is 2. The maximum Gasteiger partial charge on any atom is 0.0108 e. The molecule has 37 heavy (non-hydrogen) atoms. The van der Waals surface area contributed by atoms with Crippen LogP contribution in [0.2, 0.25) is 0 Å². The first-order valence-corrected chi connectivity index (χ1v) is 15.8. The Morgan fingerprint density at radius 3 is 0.973 bits per heavy atom. The van der Waals surface area contributed by atoms with Gasteiger partial charge in [0.1, 0.15) is 0 Å². The minimum absolute atomic E-state index is 0. The van der Waals surface area contributed by atoms with Gasteiger partial charge in [0, 0.05) is 51.4 Å². The first-order valence-electron chi connectivity index (χ1n) is 15.8. The Labute approximate surface area is 250 Å². The fourth-order valence-corrected chi connectivity index (χ4v) is 6.11. The number of nitrogens with two attached hydrogens (primary N) is 1. The molecule has 2 saturated carbocycles. The molecule has 4 N–H and O–H groups in total. The van der Waals surface area contributed by atoms with E-state index in [9.17, 15) is 0 Å². The van der Waals surface area contributed by atoms with Crippen molar-refractivity contribution in [2.75, 3.05) is 39.3 Å². The Morgan fingerprint density at radius 2 is 0.703 bits per heavy atom. The van der Waals surface area contributed by atoms with Crippen LogP contribution in [0, 0.1) is 0 Å². The molecule has 0 aromatic carbocycles. The molecule has 0 aromatic rings. The molecule has 0 atom stereocenters. The zero-order valence-corrected chi connectivity index (χ0v) is 26.7. The van der Waals surface area contributed by atoms with Gasteiger partial charge in [0.15, 0.2) is 0 Å². The maximum atomic E-state index is 5.97. The summed E-state index contributed by atoms with van der Waals surface area (Å²) in [5.41, 5.74) is 5.97. The molecule has 2 aliphatic rings. The summed E-state index contributed by atoms with van der Waals surface area (Å²) >= 11 is 0. The molecule has 0 bridgehead atoms. The molecule has 7 heteroatoms. The Kier molecular flexibility index (Phi) is 32.0. The quantitative estimate of drug-likeness (QED) is 0.242. The minimum atomic E-state index is 0. The smallest absolute Gasteiger partial charge is 0.0108 e. The van der Waals surface area contributed by atoms with Crippen LogP contribution in [-0.4, -0.2) is 56.3 Å². The van der Waals surface area contributed by atoms with Crippen molar-refractivity contribution >= 4 is 37.2 Å². The van der Waals surface area contributed by atoms with Gasteiger partial charge < -0.3 is 16.4 Å². The van der Waals surface area contributed by atoms with E-state index in [0.717, 1.165) is 51.4 Å². The lowest BCUT2D eigenvalue weighted by molar-refractivity contribution is 0.262. The van der Waals surface area contributed by atoms with E-state index < -0.39 is 0 Å². The number of hydrogen-bond donors (Lipinski definition) is 3. The topological polar surface area (TPSA) is 53.3 Å². The molecular weight excluding hydrogens is 523 g/mol. The first-order chi connectivity index (χ1) is 16.9. The predicted molar refractivity (Wildman–Crippen MR) is 172 cm³/mol. The molecule has 4 nitrogen and oxygen atoms in total. The van der Waals surface area contributed by atoms with Crippen molar-refractivity contribution in [3.8, 4) is 0 Å². The van der Waals surface area contributed by atoms with E-state index in [-0.39, 0.29) is 37.2 Å². The van der Waals surface area contributed by atoms with Crippen molar-refractivity contribution < 1.29 is 0 Å². The number of rotatable bonds is 10. The second kappa shape index (κ2) is 29.7. The highest BCUT2D eigenvalue weighted by Crippen LogP contribution is 2.18. The van der Waals surface area contributed by atoms with Crippen molar-refractivity contribution in [1.29, 1.82) is 0 Å². The first kappa shape index (κ1) is 39.9. The van der Waals surface area contributed by atoms with Crippen molar-refractivity contribution in [2.24, 2.45) is 5.73 Å². The third-order valence-electron chi connectivity index (χ3n) is 8.38. The molecular formula is C30H65Cl3N4. The van der Waals surface area contributed by atoms with Crippen LogP contribution in [-0.2, 0) is 0 Å². The summed E-state index contributed by atoms with van der Waals surface area (Å²) in [6.45, 7) is 6.31. The second-order valence-corrected chi connectivity index (χ2v) is 11.5. The summed E-state index contributed by atoms with van der Waals surface area (Å²) in [4.78, 5) is 2.59. The fraction of sp³-hybridized carbons (Fsp3) is 1.00. The van der Waals surface area contributed by atoms with E-state index in [1.807, 2.05) is 0 Å². The summed E-state index contributed by atoms with van der Waals surface area (Å²) < 4.78 is 0. The zero-order chi connectivity index (χ0) is 23.9. The van der Waals surface area contributed by atoms with Crippen LogP contribution in [0.25, 0.3) is 0 Å². The normalized spacial score (nSPS) is 20.6. The molecule has 0 aromatic heterocycles. The molecule has 0 heterocycles. The van der Waals surface area contributed by atoms with Crippen molar-refractivity contribution in [3.05, 3.63) is 0 Å². The summed E-state index contributed by atoms with van der Waals surface area (Å²) in [6, 6.07) is 1.46. The SMILES string of the molecule is Cl.Cl.Cl.NCCN(CCNC1CCCCCCCCCCC1)CCNC1CCCCCCCCCCC1. The molecule has 0 radical (unpaired) electrons. The molecule has 2 rings (SSSR count). The van der Waals surface area contributed by atoms with Crippen LogP contribution in [0.3, 0.4) is 0 Å². The monoisotopic (exact) mass is 586 g/mol. The van der Waals surface area contributed by atoms with Crippen LogP contribution in [0.15, 0.2) is 0 Å². The lowest BCUT2D eigenvalue weighted by atomic mass is 9.98. The van der Waals surface area contributed by atoms with E-state index in [0.29, 0.717) is 0 Å². The molecule has 2 aliphatic carbocycles. The Balaban J connectivity index is 0. The minimum Gasteiger partial charge on any atom is -0.329 e. The van der Waals surface area contributed by atoms with E-state index >= 15 is 0 Å². The van der Waals surface area contributed by atoms with Gasteiger partial charge in [-0.3, -0.25) is 4.90 Å². The van der Waals surface area contributed by atoms with Crippen LogP contribution in [0.4, 0.5) is 0 Å². The Bertz CT molecular complexity index is 385. The predicted octanol–water partition coefficient (Wildman–Crippen LogP) is 8.04. The summed E-state index contributed by atoms with van der Waals surface area (Å²) in [5.74, 6) is 0. The molecule has 0 spiro atoms. The highest BCUT2D eigenvalue weighted by molar-refractivity contribution is 5.86. The molecule has 226 valence electrons. The van der Waals surface area contributed by atoms with Gasteiger partial charge >= 0.3 is 0 Å². The largest absolute Gasteiger partial charge is 0.329 e. The standard InChI is InChI=1S/C30H62N4.3ClH/c31-23-26-34(27-24-32-29-19-15-11-7-3-1-4-8-12-16-20-29)28-25-33-30-21-17-13-9-5-2-6-10-14-18-22-30;;;/h29-30,32-33H,1-28,31H2;3*1H. The third-order valence-corrected chi connectivity index (χ3v) is 8.38. The van der Waals surface area contributed by atoms with Crippen LogP contribution in [0.1, 0.15) is 141 Å². The Hall–Kier alpha value is 0.710. The summed E-state index contributed by atoms with van der Waals surface area (Å²) in [7, 11) is 0. The van der Waals surface area contributed by atoms with Crippen molar-refractivity contribution in [2.45, 2.75) is 153 Å². The number of halogens is 3. The van der Waals surface area contributed by atoms with Gasteiger partial charge in [0.05, 0.1) is 0 Å². The second-order valence-electron chi connectivity index (χ2n) is 11.5. The molecule has 0 saturated heterocycles. The average Bonchev–Trinajstić information content (AvgIpc) is 2.82. The Morgan fingerprint density at radius 1 is 0.432 bits per heavy atom. The number of nitrogens with zero attached hydrogens (tertiary/aromatic N) is 1. The van der Waals surface area contributed by atoms with Gasteiger partial charge in [-0.2, -0.15) is 0 Å². The van der Waals surface area contributed by atoms with E-state index in [1.165, 1.54) is 141 Å². The zero-order valence-electron chi connectivity index (χ0n) is 24.2. The third kappa shape index (κ3) is 23.1. The van der Waals surface area contributed by atoms with Gasteiger partial charge in [0.25, 0.3) is 0 Å². The molecule has 0 amide bonds. The van der Waals surface area contributed by atoms with Gasteiger partial charge in [-0.05, 0) is 25.7 Å². The highest BCUT2D eigenvalue weighted by Gasteiger charge is 2.12. The lowest BCUT2D eigenvalue weighted by Gasteiger charge is -2.26. The van der Waals surface area contributed by atoms with E-state index in [2.05, 4.69) is 15.5 Å². The van der Waals surface area contributed by atoms with Gasteiger partial charge in [-0.15, -0.1) is 37.2 Å². The van der Waals surface area contributed by atoms with Crippen LogP contribution < -0.4 is 16.4 Å². The van der Waals surface area contributed by atoms with Crippen molar-refractivity contribution in [1.82, 2.24) is 15.5 Å². The summed E-state index contributed by atoms with van der Waals surface area (Å²) in [6.07, 6.45) is 31.5. The molecule has 2 fully saturated rings. The fourth-order valence-electron chi connectivity index (χ4n) is 6.11. The lowest BCUT2D eigenvalue weighted by Crippen LogP contribution is -2.43. The van der Waals surface area contributed by atoms with Gasteiger partial charge in [-0.1, -0.05) is 116 Å². The van der Waals surface area contributed by atoms with Crippen LogP contribution in [0.5, 0.6) is 0 Å². The highest BCUT2D eigenvalue weighted by atomic mass is 35.5. The van der Waals surface area contributed by atoms with Crippen molar-refractivity contribution in [3.63, 3.8) is 0 Å². The van der Waals surface area contributed by atoms with Gasteiger partial charge in [0.2, 0.25) is 0 Å². The van der Waals surface area contributed by atoms with Crippen LogP contribution >= 0.6 is 37.2 Å².